The predicted molar refractivity (Wildman–Crippen MR) is 86.3 cm³/mol. The maximum atomic E-state index is 8.75. The van der Waals surface area contributed by atoms with Crippen molar-refractivity contribution in [1.29, 1.82) is 10.5 Å². The zero-order valence-corrected chi connectivity index (χ0v) is 17.7. The van der Waals surface area contributed by atoms with Crippen LogP contribution >= 0.6 is 11.6 Å². The molecule has 2 rings (SSSR count). The van der Waals surface area contributed by atoms with E-state index in [1.807, 2.05) is 25.1 Å². The standard InChI is InChI=1S/C15H15ClN4O.CN.K/c1-9-12(14(16)20-15(18)19-9)8-11-4-3-10(5-6-17)7-13(11)21-2;1-2;/h3-4,7H,5,8H2,1-2H3,(H2,18,19,20);;/q;-1;+1. The second-order valence-corrected chi connectivity index (χ2v) is 4.95. The molecule has 1 aromatic carbocycles. The number of benzene rings is 1. The molecule has 0 radical (unpaired) electrons. The minimum atomic E-state index is 0. The third kappa shape index (κ3) is 6.03. The first-order chi connectivity index (χ1) is 11.0. The zero-order chi connectivity index (χ0) is 17.4. The number of rotatable bonds is 4. The van der Waals surface area contributed by atoms with Crippen LogP contribution in [0.3, 0.4) is 0 Å². The molecule has 1 heterocycles. The van der Waals surface area contributed by atoms with Gasteiger partial charge in [0.25, 0.3) is 0 Å². The van der Waals surface area contributed by atoms with Gasteiger partial charge >= 0.3 is 51.4 Å². The Morgan fingerprint density at radius 3 is 2.54 bits per heavy atom. The van der Waals surface area contributed by atoms with Crippen LogP contribution in [-0.4, -0.2) is 17.1 Å². The van der Waals surface area contributed by atoms with Crippen LogP contribution in [0.1, 0.15) is 22.4 Å². The number of aryl methyl sites for hydroxylation is 1. The summed E-state index contributed by atoms with van der Waals surface area (Å²) in [5.41, 5.74) is 9.00. The van der Waals surface area contributed by atoms with Crippen molar-refractivity contribution in [2.75, 3.05) is 12.8 Å². The molecule has 8 heteroatoms. The van der Waals surface area contributed by atoms with Gasteiger partial charge < -0.3 is 22.3 Å². The van der Waals surface area contributed by atoms with Gasteiger partial charge in [-0.25, -0.2) is 9.97 Å². The van der Waals surface area contributed by atoms with Crippen molar-refractivity contribution in [1.82, 2.24) is 9.97 Å². The molecule has 0 bridgehead atoms. The number of hydrogen-bond donors (Lipinski definition) is 1. The second kappa shape index (κ2) is 11.4. The van der Waals surface area contributed by atoms with E-state index in [2.05, 4.69) is 16.0 Å². The summed E-state index contributed by atoms with van der Waals surface area (Å²) in [6, 6.07) is 7.81. The van der Waals surface area contributed by atoms with Gasteiger partial charge in [0, 0.05) is 17.7 Å². The van der Waals surface area contributed by atoms with Crippen LogP contribution in [0.15, 0.2) is 18.2 Å². The SMILES string of the molecule is COc1cc(CC#N)ccc1Cc1c(C)nc(N)nc1Cl.[C-]#N.[K+]. The van der Waals surface area contributed by atoms with Gasteiger partial charge in [-0.2, -0.15) is 5.26 Å². The fourth-order valence-electron chi connectivity index (χ4n) is 2.11. The topological polar surface area (TPSA) is 109 Å². The van der Waals surface area contributed by atoms with Gasteiger partial charge in [-0.15, -0.1) is 0 Å². The molecular formula is C16H15ClKN5O. The molecule has 0 aliphatic carbocycles. The summed E-state index contributed by atoms with van der Waals surface area (Å²) in [6.07, 6.45) is 0.891. The number of ether oxygens (including phenoxy) is 1. The number of nitriles is 1. The summed E-state index contributed by atoms with van der Waals surface area (Å²) in [5.74, 6) is 0.882. The molecule has 0 atom stereocenters. The van der Waals surface area contributed by atoms with Crippen LogP contribution in [-0.2, 0) is 12.8 Å². The van der Waals surface area contributed by atoms with Crippen molar-refractivity contribution < 1.29 is 56.1 Å². The molecule has 2 N–H and O–H groups in total. The van der Waals surface area contributed by atoms with E-state index in [0.29, 0.717) is 18.0 Å². The first-order valence-electron chi connectivity index (χ1n) is 6.58. The van der Waals surface area contributed by atoms with Gasteiger partial charge in [0.05, 0.1) is 19.6 Å². The molecule has 0 fully saturated rings. The van der Waals surface area contributed by atoms with Gasteiger partial charge in [-0.05, 0) is 24.1 Å². The monoisotopic (exact) mass is 367 g/mol. The number of anilines is 1. The van der Waals surface area contributed by atoms with Crippen molar-refractivity contribution in [3.63, 3.8) is 0 Å². The van der Waals surface area contributed by atoms with Crippen LogP contribution in [0.25, 0.3) is 0 Å². The number of nitrogens with zero attached hydrogens (tertiary/aromatic N) is 4. The van der Waals surface area contributed by atoms with Gasteiger partial charge in [-0.1, -0.05) is 23.7 Å². The Hall–Kier alpha value is -1.19. The minimum absolute atomic E-state index is 0. The summed E-state index contributed by atoms with van der Waals surface area (Å²) < 4.78 is 5.39. The number of aromatic nitrogens is 2. The van der Waals surface area contributed by atoms with Gasteiger partial charge in [0.2, 0.25) is 5.95 Å². The van der Waals surface area contributed by atoms with Crippen LogP contribution in [0.5, 0.6) is 5.75 Å². The minimum Gasteiger partial charge on any atom is -0.512 e. The fraction of sp³-hybridized carbons (Fsp3) is 0.250. The molecule has 0 amide bonds. The van der Waals surface area contributed by atoms with E-state index < -0.39 is 0 Å². The molecule has 2 aromatic rings. The molecule has 0 unspecified atom stereocenters. The smallest absolute Gasteiger partial charge is 0.512 e. The number of hydrogen-bond acceptors (Lipinski definition) is 6. The van der Waals surface area contributed by atoms with Crippen LogP contribution < -0.4 is 61.9 Å². The van der Waals surface area contributed by atoms with Gasteiger partial charge in [0.15, 0.2) is 0 Å². The molecule has 24 heavy (non-hydrogen) atoms. The largest absolute Gasteiger partial charge is 1.00 e. The van der Waals surface area contributed by atoms with Crippen LogP contribution in [0.2, 0.25) is 5.15 Å². The molecule has 0 aliphatic heterocycles. The van der Waals surface area contributed by atoms with Crippen molar-refractivity contribution in [2.45, 2.75) is 19.8 Å². The molecule has 0 saturated heterocycles. The van der Waals surface area contributed by atoms with E-state index in [9.17, 15) is 0 Å². The van der Waals surface area contributed by atoms with Crippen LogP contribution in [0, 0.1) is 30.1 Å². The Morgan fingerprint density at radius 1 is 1.33 bits per heavy atom. The van der Waals surface area contributed by atoms with Crippen LogP contribution in [0.4, 0.5) is 5.95 Å². The zero-order valence-electron chi connectivity index (χ0n) is 13.8. The van der Waals surface area contributed by atoms with Gasteiger partial charge in [-0.3, -0.25) is 0 Å². The number of halogens is 1. The molecule has 6 nitrogen and oxygen atoms in total. The first-order valence-corrected chi connectivity index (χ1v) is 6.96. The van der Waals surface area contributed by atoms with Crippen molar-refractivity contribution in [3.05, 3.63) is 52.3 Å². The Morgan fingerprint density at radius 2 is 2.00 bits per heavy atom. The summed E-state index contributed by atoms with van der Waals surface area (Å²) in [7, 11) is 1.60. The normalized spacial score (nSPS) is 9.00. The van der Waals surface area contributed by atoms with E-state index >= 15 is 0 Å². The maximum absolute atomic E-state index is 8.75. The predicted octanol–water partition coefficient (Wildman–Crippen LogP) is -0.214. The van der Waals surface area contributed by atoms with Crippen molar-refractivity contribution >= 4 is 17.5 Å². The third-order valence-corrected chi connectivity index (χ3v) is 3.50. The summed E-state index contributed by atoms with van der Waals surface area (Å²) in [6.45, 7) is 6.59. The van der Waals surface area contributed by atoms with E-state index in [-0.39, 0.29) is 57.3 Å². The van der Waals surface area contributed by atoms with Crippen molar-refractivity contribution in [3.8, 4) is 11.8 Å². The van der Waals surface area contributed by atoms with Gasteiger partial charge in [0.1, 0.15) is 10.9 Å². The Labute approximate surface area is 189 Å². The average molecular weight is 368 g/mol. The second-order valence-electron chi connectivity index (χ2n) is 4.59. The average Bonchev–Trinajstić information content (AvgIpc) is 2.54. The van der Waals surface area contributed by atoms with Crippen molar-refractivity contribution in [2.24, 2.45) is 0 Å². The number of nitrogen functional groups attached to an aromatic ring is 1. The Balaban J connectivity index is 0.00000170. The first kappa shape index (κ1) is 22.8. The van der Waals surface area contributed by atoms with E-state index in [4.69, 9.17) is 39.2 Å². The van der Waals surface area contributed by atoms with E-state index in [1.165, 1.54) is 0 Å². The maximum Gasteiger partial charge on any atom is 1.00 e. The molecular weight excluding hydrogens is 353 g/mol. The quantitative estimate of drug-likeness (QED) is 0.455. The van der Waals surface area contributed by atoms with E-state index in [0.717, 1.165) is 28.1 Å². The summed E-state index contributed by atoms with van der Waals surface area (Å²) >= 11 is 6.15. The summed E-state index contributed by atoms with van der Waals surface area (Å²) in [4.78, 5) is 8.11. The molecule has 0 spiro atoms. The third-order valence-electron chi connectivity index (χ3n) is 3.18. The number of methoxy groups -OCH3 is 1. The number of nitrogens with two attached hydrogens (primary N) is 1. The molecule has 0 aliphatic rings. The Kier molecular flexibility index (Phi) is 10.8. The fourth-order valence-corrected chi connectivity index (χ4v) is 2.40. The van der Waals surface area contributed by atoms with E-state index in [1.54, 1.807) is 7.11 Å². The molecule has 118 valence electrons. The molecule has 0 saturated carbocycles. The Bertz CT molecular complexity index is 735. The summed E-state index contributed by atoms with van der Waals surface area (Å²) in [5, 5.41) is 15.4. The molecule has 1 aromatic heterocycles.